The molecule has 0 aliphatic heterocycles. The molecule has 0 fully saturated rings. The molecular formula is C19H18O. The Bertz CT molecular complexity index is 755. The maximum absolute atomic E-state index is 6.16. The largest absolute Gasteiger partial charge is 0.456 e. The molecule has 1 unspecified atom stereocenters. The number of allylic oxidation sites excluding steroid dienone is 5. The van der Waals surface area contributed by atoms with E-state index in [0.717, 1.165) is 30.6 Å². The predicted octanol–water partition coefficient (Wildman–Crippen LogP) is 5.38. The lowest BCUT2D eigenvalue weighted by Crippen LogP contribution is -1.98. The zero-order chi connectivity index (χ0) is 13.5. The minimum absolute atomic E-state index is 0.444. The Kier molecular flexibility index (Phi) is 2.66. The van der Waals surface area contributed by atoms with Gasteiger partial charge >= 0.3 is 0 Å². The van der Waals surface area contributed by atoms with Crippen molar-refractivity contribution in [2.24, 2.45) is 0 Å². The third-order valence-corrected chi connectivity index (χ3v) is 4.39. The summed E-state index contributed by atoms with van der Waals surface area (Å²) in [6.45, 7) is 2.16. The summed E-state index contributed by atoms with van der Waals surface area (Å²) in [6.07, 6.45) is 14.5. The monoisotopic (exact) mass is 262 g/mol. The van der Waals surface area contributed by atoms with Crippen LogP contribution in [0.2, 0.25) is 0 Å². The van der Waals surface area contributed by atoms with Gasteiger partial charge in [0.2, 0.25) is 0 Å². The minimum atomic E-state index is 0.444. The van der Waals surface area contributed by atoms with Crippen molar-refractivity contribution in [2.45, 2.75) is 32.1 Å². The molecule has 0 saturated heterocycles. The summed E-state index contributed by atoms with van der Waals surface area (Å²) < 4.78 is 6.16. The minimum Gasteiger partial charge on any atom is -0.456 e. The lowest BCUT2D eigenvalue weighted by atomic mass is 9.89. The summed E-state index contributed by atoms with van der Waals surface area (Å²) in [5, 5.41) is 1.31. The van der Waals surface area contributed by atoms with Crippen LogP contribution in [0.1, 0.15) is 42.6 Å². The highest BCUT2D eigenvalue weighted by Gasteiger charge is 2.20. The van der Waals surface area contributed by atoms with Crippen molar-refractivity contribution in [3.63, 3.8) is 0 Å². The third-order valence-electron chi connectivity index (χ3n) is 4.39. The van der Waals surface area contributed by atoms with E-state index in [2.05, 4.69) is 55.5 Å². The average molecular weight is 262 g/mol. The van der Waals surface area contributed by atoms with Crippen LogP contribution >= 0.6 is 0 Å². The van der Waals surface area contributed by atoms with Gasteiger partial charge < -0.3 is 4.42 Å². The Hall–Kier alpha value is -2.02. The molecule has 2 aliphatic carbocycles. The van der Waals surface area contributed by atoms with Crippen LogP contribution in [0, 0.1) is 0 Å². The Balaban J connectivity index is 1.87. The van der Waals surface area contributed by atoms with Crippen molar-refractivity contribution in [3.8, 4) is 0 Å². The molecule has 1 nitrogen and oxygen atoms in total. The van der Waals surface area contributed by atoms with Gasteiger partial charge in [0.25, 0.3) is 0 Å². The molecule has 1 aromatic carbocycles. The fourth-order valence-corrected chi connectivity index (χ4v) is 3.27. The zero-order valence-corrected chi connectivity index (χ0v) is 11.7. The van der Waals surface area contributed by atoms with E-state index in [4.69, 9.17) is 4.42 Å². The molecule has 0 bridgehead atoms. The van der Waals surface area contributed by atoms with E-state index in [1.165, 1.54) is 22.1 Å². The highest BCUT2D eigenvalue weighted by Crippen LogP contribution is 2.37. The highest BCUT2D eigenvalue weighted by molar-refractivity contribution is 5.88. The van der Waals surface area contributed by atoms with Crippen molar-refractivity contribution >= 4 is 17.0 Å². The van der Waals surface area contributed by atoms with Gasteiger partial charge in [-0.1, -0.05) is 48.1 Å². The molecule has 1 atom stereocenters. The van der Waals surface area contributed by atoms with Crippen molar-refractivity contribution in [1.29, 1.82) is 0 Å². The van der Waals surface area contributed by atoms with Crippen LogP contribution in [0.15, 0.2) is 52.5 Å². The number of hydrogen-bond acceptors (Lipinski definition) is 1. The van der Waals surface area contributed by atoms with E-state index in [9.17, 15) is 0 Å². The molecule has 1 heterocycles. The normalized spacial score (nSPS) is 21.1. The number of rotatable bonds is 1. The van der Waals surface area contributed by atoms with E-state index in [-0.39, 0.29) is 0 Å². The van der Waals surface area contributed by atoms with Crippen LogP contribution < -0.4 is 0 Å². The van der Waals surface area contributed by atoms with E-state index in [1.807, 2.05) is 0 Å². The number of furan rings is 1. The fraction of sp³-hybridized carbons (Fsp3) is 0.263. The van der Waals surface area contributed by atoms with E-state index in [0.29, 0.717) is 5.92 Å². The fourth-order valence-electron chi connectivity index (χ4n) is 3.27. The molecule has 100 valence electrons. The maximum Gasteiger partial charge on any atom is 0.138 e. The molecule has 2 aromatic rings. The molecule has 2 aliphatic rings. The maximum atomic E-state index is 6.16. The predicted molar refractivity (Wildman–Crippen MR) is 83.8 cm³/mol. The zero-order valence-electron chi connectivity index (χ0n) is 11.7. The van der Waals surface area contributed by atoms with Crippen LogP contribution in [-0.4, -0.2) is 0 Å². The summed E-state index contributed by atoms with van der Waals surface area (Å²) in [5.74, 6) is 1.50. The number of para-hydroxylation sites is 1. The van der Waals surface area contributed by atoms with Gasteiger partial charge in [0.05, 0.1) is 0 Å². The number of aryl methyl sites for hydroxylation is 1. The van der Waals surface area contributed by atoms with Crippen LogP contribution in [0.5, 0.6) is 0 Å². The first-order valence-corrected chi connectivity index (χ1v) is 7.39. The smallest absolute Gasteiger partial charge is 0.138 e. The van der Waals surface area contributed by atoms with E-state index >= 15 is 0 Å². The first kappa shape index (κ1) is 11.8. The standard InChI is InChI=1S/C19H18O/c1-13-9-11-14(12-10-13)15-6-4-7-17-16-5-2-3-8-18(16)20-19(15)17/h3-4,6-11,14H,2,5,12H2,1H3. The van der Waals surface area contributed by atoms with Crippen molar-refractivity contribution in [3.05, 3.63) is 65.0 Å². The van der Waals surface area contributed by atoms with Gasteiger partial charge in [0, 0.05) is 22.4 Å². The molecular weight excluding hydrogens is 244 g/mol. The summed E-state index contributed by atoms with van der Waals surface area (Å²) in [5.41, 5.74) is 5.16. The lowest BCUT2D eigenvalue weighted by molar-refractivity contribution is 0.588. The molecule has 4 rings (SSSR count). The van der Waals surface area contributed by atoms with Gasteiger partial charge in [0.15, 0.2) is 0 Å². The number of fused-ring (bicyclic) bond motifs is 3. The van der Waals surface area contributed by atoms with Crippen LogP contribution in [0.4, 0.5) is 0 Å². The summed E-state index contributed by atoms with van der Waals surface area (Å²) in [7, 11) is 0. The highest BCUT2D eigenvalue weighted by atomic mass is 16.3. The summed E-state index contributed by atoms with van der Waals surface area (Å²) >= 11 is 0. The molecule has 1 aromatic heterocycles. The van der Waals surface area contributed by atoms with Crippen molar-refractivity contribution in [1.82, 2.24) is 0 Å². The van der Waals surface area contributed by atoms with Crippen LogP contribution in [0.25, 0.3) is 17.0 Å². The Labute approximate surface area is 119 Å². The molecule has 0 radical (unpaired) electrons. The molecule has 0 N–H and O–H groups in total. The first-order valence-electron chi connectivity index (χ1n) is 7.39. The summed E-state index contributed by atoms with van der Waals surface area (Å²) in [6, 6.07) is 6.59. The van der Waals surface area contributed by atoms with Gasteiger partial charge in [0.1, 0.15) is 11.3 Å². The second-order valence-corrected chi connectivity index (χ2v) is 5.76. The second-order valence-electron chi connectivity index (χ2n) is 5.76. The number of benzene rings is 1. The third kappa shape index (κ3) is 1.77. The van der Waals surface area contributed by atoms with Gasteiger partial charge in [-0.3, -0.25) is 0 Å². The number of hydrogen-bond donors (Lipinski definition) is 0. The molecule has 1 heteroatoms. The van der Waals surface area contributed by atoms with E-state index in [1.54, 1.807) is 0 Å². The second kappa shape index (κ2) is 4.52. The lowest BCUT2D eigenvalue weighted by Gasteiger charge is -2.15. The van der Waals surface area contributed by atoms with Gasteiger partial charge in [-0.25, -0.2) is 0 Å². The van der Waals surface area contributed by atoms with Gasteiger partial charge in [-0.05, 0) is 32.3 Å². The van der Waals surface area contributed by atoms with Gasteiger partial charge in [-0.2, -0.15) is 0 Å². The van der Waals surface area contributed by atoms with Crippen molar-refractivity contribution < 1.29 is 4.42 Å². The van der Waals surface area contributed by atoms with E-state index < -0.39 is 0 Å². The molecule has 0 amide bonds. The molecule has 0 saturated carbocycles. The molecule has 0 spiro atoms. The first-order chi connectivity index (χ1) is 9.83. The Morgan fingerprint density at radius 3 is 3.00 bits per heavy atom. The quantitative estimate of drug-likeness (QED) is 0.672. The Morgan fingerprint density at radius 2 is 2.15 bits per heavy atom. The topological polar surface area (TPSA) is 13.1 Å². The SMILES string of the molecule is CC1=CCC(c2cccc3c4c(oc23)C=CCC4)C=C1. The summed E-state index contributed by atoms with van der Waals surface area (Å²) in [4.78, 5) is 0. The van der Waals surface area contributed by atoms with Gasteiger partial charge in [-0.15, -0.1) is 0 Å². The van der Waals surface area contributed by atoms with Crippen LogP contribution in [-0.2, 0) is 6.42 Å². The average Bonchev–Trinajstić information content (AvgIpc) is 2.87. The Morgan fingerprint density at radius 1 is 1.20 bits per heavy atom. The van der Waals surface area contributed by atoms with Crippen LogP contribution in [0.3, 0.4) is 0 Å². The van der Waals surface area contributed by atoms with Crippen molar-refractivity contribution in [2.75, 3.05) is 0 Å². The molecule has 20 heavy (non-hydrogen) atoms.